The predicted octanol–water partition coefficient (Wildman–Crippen LogP) is 3.46. The van der Waals surface area contributed by atoms with Gasteiger partial charge in [-0.15, -0.1) is 0 Å². The van der Waals surface area contributed by atoms with Gasteiger partial charge in [0.05, 0.1) is 17.1 Å². The van der Waals surface area contributed by atoms with Gasteiger partial charge in [-0.1, -0.05) is 30.3 Å². The van der Waals surface area contributed by atoms with Gasteiger partial charge in [-0.05, 0) is 49.1 Å². The Labute approximate surface area is 187 Å². The Bertz CT molecular complexity index is 1200. The van der Waals surface area contributed by atoms with Crippen LogP contribution in [0.5, 0.6) is 0 Å². The Balaban J connectivity index is 1.41. The first kappa shape index (κ1) is 22.2. The molecule has 1 aliphatic heterocycles. The maximum Gasteiger partial charge on any atom is 0.341 e. The van der Waals surface area contributed by atoms with Crippen molar-refractivity contribution < 1.29 is 17.9 Å². The van der Waals surface area contributed by atoms with Crippen LogP contribution in [0.1, 0.15) is 36.5 Å². The zero-order valence-electron chi connectivity index (χ0n) is 17.9. The summed E-state index contributed by atoms with van der Waals surface area (Å²) in [7, 11) is -3.57. The molecule has 0 saturated carbocycles. The van der Waals surface area contributed by atoms with Crippen molar-refractivity contribution in [3.05, 3.63) is 60.4 Å². The number of nitrogens with one attached hydrogen (secondary N) is 1. The summed E-state index contributed by atoms with van der Waals surface area (Å²) in [6.07, 6.45) is 5.02. The van der Waals surface area contributed by atoms with Gasteiger partial charge in [0, 0.05) is 31.5 Å². The molecular formula is C23H26N4O4S. The summed E-state index contributed by atoms with van der Waals surface area (Å²) in [5.41, 5.74) is 0.297. The molecule has 1 atom stereocenters. The van der Waals surface area contributed by atoms with Crippen molar-refractivity contribution in [3.63, 3.8) is 0 Å². The third-order valence-electron chi connectivity index (χ3n) is 5.54. The van der Waals surface area contributed by atoms with E-state index in [1.54, 1.807) is 23.4 Å². The van der Waals surface area contributed by atoms with E-state index < -0.39 is 16.0 Å². The summed E-state index contributed by atoms with van der Waals surface area (Å²) in [5, 5.41) is 5.18. The number of fused-ring (bicyclic) bond motifs is 1. The maximum atomic E-state index is 13.2. The second-order valence-corrected chi connectivity index (χ2v) is 9.64. The number of hydrogen-bond acceptors (Lipinski definition) is 7. The third kappa shape index (κ3) is 4.89. The highest BCUT2D eigenvalue weighted by atomic mass is 32.2. The number of carbonyl (C=O) groups is 1. The minimum absolute atomic E-state index is 0.0419. The molecule has 1 N–H and O–H groups in total. The van der Waals surface area contributed by atoms with Gasteiger partial charge in [0.1, 0.15) is 0 Å². The zero-order valence-corrected chi connectivity index (χ0v) is 18.7. The van der Waals surface area contributed by atoms with Gasteiger partial charge in [0.25, 0.3) is 0 Å². The average Bonchev–Trinajstić information content (AvgIpc) is 3.05. The lowest BCUT2D eigenvalue weighted by Crippen LogP contribution is -2.32. The summed E-state index contributed by atoms with van der Waals surface area (Å²) in [6.45, 7) is 2.91. The molecule has 0 bridgehead atoms. The lowest BCUT2D eigenvalue weighted by atomic mass is 10.1. The molecule has 1 saturated heterocycles. The van der Waals surface area contributed by atoms with Crippen LogP contribution in [0.2, 0.25) is 0 Å². The molecule has 168 valence electrons. The van der Waals surface area contributed by atoms with Crippen molar-refractivity contribution >= 4 is 32.7 Å². The molecule has 2 heterocycles. The monoisotopic (exact) mass is 454 g/mol. The minimum Gasteiger partial charge on any atom is -0.462 e. The van der Waals surface area contributed by atoms with Crippen molar-refractivity contribution in [1.29, 1.82) is 0 Å². The largest absolute Gasteiger partial charge is 0.462 e. The van der Waals surface area contributed by atoms with Crippen LogP contribution in [0.3, 0.4) is 0 Å². The number of anilines is 1. The molecule has 1 fully saturated rings. The Morgan fingerprint density at radius 2 is 1.84 bits per heavy atom. The summed E-state index contributed by atoms with van der Waals surface area (Å²) < 4.78 is 33.0. The van der Waals surface area contributed by atoms with E-state index in [4.69, 9.17) is 4.74 Å². The first-order chi connectivity index (χ1) is 15.5. The van der Waals surface area contributed by atoms with Gasteiger partial charge in [-0.25, -0.2) is 23.2 Å². The Morgan fingerprint density at radius 1 is 1.09 bits per heavy atom. The molecule has 4 rings (SSSR count). The van der Waals surface area contributed by atoms with Crippen LogP contribution in [-0.4, -0.2) is 54.4 Å². The third-order valence-corrected chi connectivity index (χ3v) is 7.44. The highest BCUT2D eigenvalue weighted by molar-refractivity contribution is 7.89. The molecular weight excluding hydrogens is 428 g/mol. The topological polar surface area (TPSA) is 101 Å². The summed E-state index contributed by atoms with van der Waals surface area (Å²) in [4.78, 5) is 20.4. The standard InChI is InChI=1S/C23H26N4O4S/c1-2-31-22(28)19-15-24-23(25-16-19)26-20-8-5-12-27(13-11-20)32(29,30)21-10-9-17-6-3-4-7-18(17)14-21/h3-4,6-7,9-10,14-16,20H,2,5,8,11-13H2,1H3,(H,24,25,26). The van der Waals surface area contributed by atoms with Gasteiger partial charge in [-0.3, -0.25) is 0 Å². The van der Waals surface area contributed by atoms with E-state index >= 15 is 0 Å². The first-order valence-electron chi connectivity index (χ1n) is 10.7. The van der Waals surface area contributed by atoms with E-state index in [0.29, 0.717) is 42.5 Å². The van der Waals surface area contributed by atoms with E-state index in [1.165, 1.54) is 12.4 Å². The Morgan fingerprint density at radius 3 is 2.59 bits per heavy atom. The number of rotatable bonds is 6. The van der Waals surface area contributed by atoms with Gasteiger partial charge < -0.3 is 10.1 Å². The lowest BCUT2D eigenvalue weighted by Gasteiger charge is -2.21. The molecule has 0 spiro atoms. The van der Waals surface area contributed by atoms with E-state index in [9.17, 15) is 13.2 Å². The maximum absolute atomic E-state index is 13.2. The second kappa shape index (κ2) is 9.62. The predicted molar refractivity (Wildman–Crippen MR) is 122 cm³/mol. The molecule has 0 radical (unpaired) electrons. The van der Waals surface area contributed by atoms with Crippen LogP contribution in [0.25, 0.3) is 10.8 Å². The summed E-state index contributed by atoms with van der Waals surface area (Å²) in [6, 6.07) is 13.0. The molecule has 32 heavy (non-hydrogen) atoms. The van der Waals surface area contributed by atoms with Gasteiger partial charge in [0.2, 0.25) is 16.0 Å². The van der Waals surface area contributed by atoms with Gasteiger partial charge in [0.15, 0.2) is 0 Å². The fraction of sp³-hybridized carbons (Fsp3) is 0.348. The molecule has 1 aliphatic rings. The van der Waals surface area contributed by atoms with Crippen molar-refractivity contribution in [2.75, 3.05) is 25.0 Å². The summed E-state index contributed by atoms with van der Waals surface area (Å²) in [5.74, 6) is -0.0445. The molecule has 3 aromatic rings. The van der Waals surface area contributed by atoms with Crippen molar-refractivity contribution in [1.82, 2.24) is 14.3 Å². The van der Waals surface area contributed by atoms with E-state index in [-0.39, 0.29) is 6.04 Å². The SMILES string of the molecule is CCOC(=O)c1cnc(NC2CCCN(S(=O)(=O)c3ccc4ccccc4c3)CC2)nc1. The lowest BCUT2D eigenvalue weighted by molar-refractivity contribution is 0.0525. The minimum atomic E-state index is -3.57. The number of hydrogen-bond donors (Lipinski definition) is 1. The number of benzene rings is 2. The number of sulfonamides is 1. The van der Waals surface area contributed by atoms with Crippen LogP contribution in [0.4, 0.5) is 5.95 Å². The van der Waals surface area contributed by atoms with Crippen molar-refractivity contribution in [2.24, 2.45) is 0 Å². The van der Waals surface area contributed by atoms with Crippen LogP contribution in [0, 0.1) is 0 Å². The van der Waals surface area contributed by atoms with Crippen LogP contribution in [-0.2, 0) is 14.8 Å². The number of nitrogens with zero attached hydrogens (tertiary/aromatic N) is 3. The van der Waals surface area contributed by atoms with E-state index in [2.05, 4.69) is 15.3 Å². The second-order valence-electron chi connectivity index (χ2n) is 7.70. The first-order valence-corrected chi connectivity index (χ1v) is 12.2. The molecule has 1 aromatic heterocycles. The number of ether oxygens (including phenoxy) is 1. The average molecular weight is 455 g/mol. The smallest absolute Gasteiger partial charge is 0.341 e. The number of esters is 1. The fourth-order valence-electron chi connectivity index (χ4n) is 3.84. The highest BCUT2D eigenvalue weighted by Crippen LogP contribution is 2.25. The zero-order chi connectivity index (χ0) is 22.6. The van der Waals surface area contributed by atoms with Crippen LogP contribution < -0.4 is 5.32 Å². The summed E-state index contributed by atoms with van der Waals surface area (Å²) >= 11 is 0. The molecule has 8 nitrogen and oxygen atoms in total. The van der Waals surface area contributed by atoms with Crippen LogP contribution >= 0.6 is 0 Å². The van der Waals surface area contributed by atoms with Gasteiger partial charge >= 0.3 is 5.97 Å². The van der Waals surface area contributed by atoms with E-state index in [0.717, 1.165) is 23.6 Å². The quantitative estimate of drug-likeness (QED) is 0.569. The molecule has 0 amide bonds. The number of carbonyl (C=O) groups excluding carboxylic acids is 1. The van der Waals surface area contributed by atoms with Crippen molar-refractivity contribution in [3.8, 4) is 0 Å². The highest BCUT2D eigenvalue weighted by Gasteiger charge is 2.28. The normalized spacial score (nSPS) is 17.6. The molecule has 2 aromatic carbocycles. The molecule has 1 unspecified atom stereocenters. The molecule has 0 aliphatic carbocycles. The number of aromatic nitrogens is 2. The molecule has 9 heteroatoms. The Kier molecular flexibility index (Phi) is 6.66. The van der Waals surface area contributed by atoms with E-state index in [1.807, 2.05) is 30.3 Å². The van der Waals surface area contributed by atoms with Crippen LogP contribution in [0.15, 0.2) is 59.8 Å². The fourth-order valence-corrected chi connectivity index (χ4v) is 5.37. The van der Waals surface area contributed by atoms with Crippen molar-refractivity contribution in [2.45, 2.75) is 37.1 Å². The Hall–Kier alpha value is -3.04. The van der Waals surface area contributed by atoms with Gasteiger partial charge in [-0.2, -0.15) is 4.31 Å².